The Balaban J connectivity index is 2.43. The number of esters is 1. The minimum atomic E-state index is -1.57. The molecule has 1 heterocycles. The number of carboxylic acid groups (broad SMARTS) is 1. The van der Waals surface area contributed by atoms with Crippen LogP contribution in [0.2, 0.25) is 0 Å². The molecule has 1 saturated heterocycles. The molecule has 1 aromatic carbocycles. The van der Waals surface area contributed by atoms with E-state index in [1.165, 1.54) is 0 Å². The van der Waals surface area contributed by atoms with Crippen molar-refractivity contribution in [3.8, 4) is 0 Å². The maximum Gasteiger partial charge on any atom is 0.329 e. The summed E-state index contributed by atoms with van der Waals surface area (Å²) in [4.78, 5) is 80.4. The van der Waals surface area contributed by atoms with Crippen LogP contribution in [0, 0.1) is 5.92 Å². The smallest absolute Gasteiger partial charge is 0.329 e. The van der Waals surface area contributed by atoms with Crippen molar-refractivity contribution in [3.05, 3.63) is 35.9 Å². The van der Waals surface area contributed by atoms with Gasteiger partial charge in [-0.15, -0.1) is 0 Å². The number of carbonyl (C=O) groups is 6. The number of benzene rings is 1. The number of ether oxygens (including phenoxy) is 1. The third-order valence-electron chi connectivity index (χ3n) is 6.02. The Bertz CT molecular complexity index is 1140. The van der Waals surface area contributed by atoms with Crippen LogP contribution in [-0.4, -0.2) is 84.0 Å². The lowest BCUT2D eigenvalue weighted by atomic mass is 10.0. The number of carbonyl (C=O) groups excluding carboxylic acids is 5. The van der Waals surface area contributed by atoms with Gasteiger partial charge in [0, 0.05) is 13.0 Å². The zero-order chi connectivity index (χ0) is 30.5. The molecule has 41 heavy (non-hydrogen) atoms. The van der Waals surface area contributed by atoms with Gasteiger partial charge in [-0.05, 0) is 24.3 Å². The molecule has 0 spiro atoms. The van der Waals surface area contributed by atoms with E-state index in [9.17, 15) is 33.9 Å². The van der Waals surface area contributed by atoms with E-state index in [1.807, 2.05) is 0 Å². The normalized spacial score (nSPS) is 22.7. The number of amides is 4. The molecule has 0 bridgehead atoms. The Labute approximate surface area is 236 Å². The molecular formula is C26H37N7O8. The molecule has 2 rings (SSSR count). The molecule has 1 fully saturated rings. The summed E-state index contributed by atoms with van der Waals surface area (Å²) in [6.45, 7) is 2.82. The molecule has 4 amide bonds. The zero-order valence-corrected chi connectivity index (χ0v) is 22.9. The molecule has 9 N–H and O–H groups in total. The second kappa shape index (κ2) is 15.8. The van der Waals surface area contributed by atoms with Gasteiger partial charge in [0.25, 0.3) is 5.91 Å². The topological polar surface area (TPSA) is 244 Å². The van der Waals surface area contributed by atoms with Gasteiger partial charge in [-0.2, -0.15) is 0 Å². The van der Waals surface area contributed by atoms with E-state index in [1.54, 1.807) is 44.2 Å². The van der Waals surface area contributed by atoms with Gasteiger partial charge in [-0.1, -0.05) is 44.2 Å². The highest BCUT2D eigenvalue weighted by Gasteiger charge is 2.35. The number of aliphatic imine (C=N–C) groups is 1. The fourth-order valence-electron chi connectivity index (χ4n) is 3.96. The van der Waals surface area contributed by atoms with E-state index in [0.717, 1.165) is 0 Å². The van der Waals surface area contributed by atoms with Crippen molar-refractivity contribution in [1.82, 2.24) is 21.3 Å². The Morgan fingerprint density at radius 3 is 2.24 bits per heavy atom. The lowest BCUT2D eigenvalue weighted by Crippen LogP contribution is -2.54. The first-order chi connectivity index (χ1) is 19.4. The van der Waals surface area contributed by atoms with Crippen LogP contribution in [-0.2, 0) is 39.9 Å². The number of hydrogen-bond donors (Lipinski definition) is 7. The molecule has 0 aromatic heterocycles. The largest absolute Gasteiger partial charge is 0.481 e. The van der Waals surface area contributed by atoms with Gasteiger partial charge >= 0.3 is 11.9 Å². The molecule has 0 aliphatic carbocycles. The maximum absolute atomic E-state index is 13.3. The monoisotopic (exact) mass is 575 g/mol. The van der Waals surface area contributed by atoms with Crippen molar-refractivity contribution in [2.24, 2.45) is 22.4 Å². The highest BCUT2D eigenvalue weighted by atomic mass is 16.5. The molecule has 1 aliphatic heterocycles. The van der Waals surface area contributed by atoms with Gasteiger partial charge in [0.15, 0.2) is 12.1 Å². The highest BCUT2D eigenvalue weighted by Crippen LogP contribution is 2.13. The van der Waals surface area contributed by atoms with Gasteiger partial charge in [-0.3, -0.25) is 29.0 Å². The summed E-state index contributed by atoms with van der Waals surface area (Å²) >= 11 is 0. The van der Waals surface area contributed by atoms with E-state index in [-0.39, 0.29) is 31.8 Å². The minimum Gasteiger partial charge on any atom is -0.481 e. The van der Waals surface area contributed by atoms with E-state index in [4.69, 9.17) is 16.2 Å². The number of rotatable bonds is 9. The Morgan fingerprint density at radius 1 is 0.976 bits per heavy atom. The Kier molecular flexibility index (Phi) is 12.5. The van der Waals surface area contributed by atoms with Gasteiger partial charge in [0.05, 0.1) is 13.0 Å². The summed E-state index contributed by atoms with van der Waals surface area (Å²) in [6.07, 6.45) is -1.81. The summed E-state index contributed by atoms with van der Waals surface area (Å²) in [5.74, 6) is -6.33. The number of carboxylic acids is 1. The number of nitrogens with zero attached hydrogens (tertiary/aromatic N) is 1. The van der Waals surface area contributed by atoms with Crippen LogP contribution in [0.4, 0.5) is 0 Å². The summed E-state index contributed by atoms with van der Waals surface area (Å²) < 4.78 is 5.56. The van der Waals surface area contributed by atoms with Gasteiger partial charge in [0.1, 0.15) is 18.1 Å². The Hall–Kier alpha value is -4.69. The quantitative estimate of drug-likeness (QED) is 0.0732. The predicted octanol–water partition coefficient (Wildman–Crippen LogP) is -2.09. The predicted molar refractivity (Wildman–Crippen MR) is 146 cm³/mol. The SMILES string of the molecule is CC(C)[C@@H]1OC(=O)[C@@H](Cc2ccccc2)NC(=O)[C@H](CC(=O)O)NC(=O)CNC(=O)[C@H](CCCN=C(N)N)NC1=O. The second-order valence-electron chi connectivity index (χ2n) is 9.80. The van der Waals surface area contributed by atoms with Crippen molar-refractivity contribution in [3.63, 3.8) is 0 Å². The molecule has 1 aromatic rings. The first-order valence-corrected chi connectivity index (χ1v) is 13.1. The van der Waals surface area contributed by atoms with Crippen molar-refractivity contribution in [1.29, 1.82) is 0 Å². The number of hydrogen-bond acceptors (Lipinski definition) is 8. The number of nitrogens with one attached hydrogen (secondary N) is 4. The van der Waals surface area contributed by atoms with Crippen LogP contribution in [0.3, 0.4) is 0 Å². The van der Waals surface area contributed by atoms with Crippen LogP contribution in [0.15, 0.2) is 35.3 Å². The molecule has 0 saturated carbocycles. The average Bonchev–Trinajstić information content (AvgIpc) is 2.90. The van der Waals surface area contributed by atoms with E-state index < -0.39 is 78.7 Å². The third-order valence-corrected chi connectivity index (χ3v) is 6.02. The molecule has 1 aliphatic rings. The highest BCUT2D eigenvalue weighted by molar-refractivity contribution is 5.96. The van der Waals surface area contributed by atoms with Gasteiger partial charge in [0.2, 0.25) is 17.7 Å². The molecule has 224 valence electrons. The molecule has 4 atom stereocenters. The van der Waals surface area contributed by atoms with E-state index in [0.29, 0.717) is 5.56 Å². The number of guanidine groups is 1. The standard InChI is InChI=1S/C26H37N7O8/c1-14(2)21-24(39)32-16(9-6-10-29-26(27)28)22(37)30-13-19(34)31-17(12-20(35)36)23(38)33-18(25(40)41-21)11-15-7-4-3-5-8-15/h3-5,7-8,14,16-18,21H,6,9-13H2,1-2H3,(H,30,37)(H,31,34)(H,32,39)(H,33,38)(H,35,36)(H4,27,28,29)/t16-,17-,18+,21-/m0/s1. The summed E-state index contributed by atoms with van der Waals surface area (Å²) in [5, 5.41) is 19.0. The van der Waals surface area contributed by atoms with Gasteiger partial charge < -0.3 is 42.6 Å². The van der Waals surface area contributed by atoms with Crippen LogP contribution in [0.1, 0.15) is 38.7 Å². The van der Waals surface area contributed by atoms with Gasteiger partial charge in [-0.25, -0.2) is 4.79 Å². The fraction of sp³-hybridized carbons (Fsp3) is 0.500. The molecule has 0 radical (unpaired) electrons. The minimum absolute atomic E-state index is 0.0426. The second-order valence-corrected chi connectivity index (χ2v) is 9.80. The van der Waals surface area contributed by atoms with Crippen LogP contribution < -0.4 is 32.7 Å². The van der Waals surface area contributed by atoms with Crippen molar-refractivity contribution >= 4 is 41.5 Å². The fourth-order valence-corrected chi connectivity index (χ4v) is 3.96. The van der Waals surface area contributed by atoms with Crippen molar-refractivity contribution in [2.75, 3.05) is 13.1 Å². The maximum atomic E-state index is 13.3. The van der Waals surface area contributed by atoms with E-state index >= 15 is 0 Å². The zero-order valence-electron chi connectivity index (χ0n) is 22.9. The first-order valence-electron chi connectivity index (χ1n) is 13.1. The number of aliphatic carboxylic acids is 1. The lowest BCUT2D eigenvalue weighted by Gasteiger charge is -2.26. The Morgan fingerprint density at radius 2 is 1.63 bits per heavy atom. The first kappa shape index (κ1) is 32.5. The summed E-state index contributed by atoms with van der Waals surface area (Å²) in [5.41, 5.74) is 11.3. The third kappa shape index (κ3) is 11.1. The summed E-state index contributed by atoms with van der Waals surface area (Å²) in [6, 6.07) is 4.59. The van der Waals surface area contributed by atoms with Crippen molar-refractivity contribution in [2.45, 2.75) is 63.8 Å². The molecule has 0 unspecified atom stereocenters. The van der Waals surface area contributed by atoms with Crippen LogP contribution in [0.5, 0.6) is 0 Å². The van der Waals surface area contributed by atoms with E-state index in [2.05, 4.69) is 26.3 Å². The number of cyclic esters (lactones) is 1. The lowest BCUT2D eigenvalue weighted by molar-refractivity contribution is -0.161. The molecular weight excluding hydrogens is 538 g/mol. The van der Waals surface area contributed by atoms with Crippen molar-refractivity contribution < 1.29 is 38.6 Å². The molecule has 15 heteroatoms. The average molecular weight is 576 g/mol. The van der Waals surface area contributed by atoms with Crippen LogP contribution >= 0.6 is 0 Å². The summed E-state index contributed by atoms with van der Waals surface area (Å²) in [7, 11) is 0. The number of nitrogens with two attached hydrogens (primary N) is 2. The van der Waals surface area contributed by atoms with Crippen LogP contribution in [0.25, 0.3) is 0 Å². The molecule has 15 nitrogen and oxygen atoms in total.